The molecule has 0 unspecified atom stereocenters. The Morgan fingerprint density at radius 1 is 1.20 bits per heavy atom. The molecular weight excluding hydrogens is 254 g/mol. The van der Waals surface area contributed by atoms with E-state index in [0.29, 0.717) is 11.1 Å². The van der Waals surface area contributed by atoms with Gasteiger partial charge in [0.15, 0.2) is 0 Å². The van der Waals surface area contributed by atoms with Crippen molar-refractivity contribution in [2.45, 2.75) is 0 Å². The first kappa shape index (κ1) is 13.6. The van der Waals surface area contributed by atoms with E-state index in [-0.39, 0.29) is 11.7 Å². The molecule has 0 bridgehead atoms. The van der Waals surface area contributed by atoms with Crippen LogP contribution in [0.1, 0.15) is 15.9 Å². The largest absolute Gasteiger partial charge is 0.507 e. The van der Waals surface area contributed by atoms with Gasteiger partial charge >= 0.3 is 0 Å². The van der Waals surface area contributed by atoms with Gasteiger partial charge in [0.25, 0.3) is 5.91 Å². The van der Waals surface area contributed by atoms with E-state index in [4.69, 9.17) is 0 Å². The molecule has 0 aliphatic heterocycles. The molecular formula is C15H15N3O2. The average molecular weight is 269 g/mol. The predicted octanol–water partition coefficient (Wildman–Crippen LogP) is 2.20. The number of hydrogen-bond acceptors (Lipinski definition) is 4. The zero-order chi connectivity index (χ0) is 14.4. The van der Waals surface area contributed by atoms with Crippen molar-refractivity contribution in [1.82, 2.24) is 5.43 Å². The molecule has 20 heavy (non-hydrogen) atoms. The van der Waals surface area contributed by atoms with Crippen molar-refractivity contribution in [3.05, 3.63) is 59.7 Å². The molecule has 2 aromatic rings. The fraction of sp³-hybridized carbons (Fsp3) is 0.0667. The van der Waals surface area contributed by atoms with Crippen molar-refractivity contribution in [1.29, 1.82) is 0 Å². The van der Waals surface area contributed by atoms with Crippen LogP contribution in [0.5, 0.6) is 5.75 Å². The average Bonchev–Trinajstić information content (AvgIpc) is 2.49. The number of anilines is 1. The van der Waals surface area contributed by atoms with Gasteiger partial charge in [0, 0.05) is 23.9 Å². The monoisotopic (exact) mass is 269 g/mol. The summed E-state index contributed by atoms with van der Waals surface area (Å²) in [5.41, 5.74) is 4.31. The third-order valence-electron chi connectivity index (χ3n) is 2.72. The highest BCUT2D eigenvalue weighted by molar-refractivity contribution is 5.95. The number of rotatable bonds is 4. The SMILES string of the molecule is CNc1cccc(C(=O)N/N=C/c2ccccc2O)c1. The van der Waals surface area contributed by atoms with Crippen LogP contribution in [0.3, 0.4) is 0 Å². The van der Waals surface area contributed by atoms with E-state index in [1.165, 1.54) is 6.21 Å². The Morgan fingerprint density at radius 3 is 2.75 bits per heavy atom. The molecule has 3 N–H and O–H groups in total. The van der Waals surface area contributed by atoms with Gasteiger partial charge in [-0.3, -0.25) is 4.79 Å². The second-order valence-corrected chi connectivity index (χ2v) is 4.09. The first-order valence-electron chi connectivity index (χ1n) is 6.10. The number of hydrogen-bond donors (Lipinski definition) is 3. The predicted molar refractivity (Wildman–Crippen MR) is 79.2 cm³/mol. The second kappa shape index (κ2) is 6.38. The van der Waals surface area contributed by atoms with Crippen LogP contribution in [-0.4, -0.2) is 24.3 Å². The standard InChI is InChI=1S/C15H15N3O2/c1-16-13-7-4-6-11(9-13)15(20)18-17-10-12-5-2-3-8-14(12)19/h2-10,16,19H,1H3,(H,18,20)/b17-10+. The Kier molecular flexibility index (Phi) is 4.34. The van der Waals surface area contributed by atoms with Gasteiger partial charge in [0.2, 0.25) is 0 Å². The third kappa shape index (κ3) is 3.35. The Balaban J connectivity index is 2.03. The summed E-state index contributed by atoms with van der Waals surface area (Å²) in [7, 11) is 1.79. The van der Waals surface area contributed by atoms with E-state index in [2.05, 4.69) is 15.8 Å². The summed E-state index contributed by atoms with van der Waals surface area (Å²) in [6.07, 6.45) is 1.40. The Labute approximate surface area is 117 Å². The number of amides is 1. The second-order valence-electron chi connectivity index (χ2n) is 4.09. The summed E-state index contributed by atoms with van der Waals surface area (Å²) in [5, 5.41) is 16.3. The lowest BCUT2D eigenvalue weighted by atomic mass is 10.2. The van der Waals surface area contributed by atoms with E-state index >= 15 is 0 Å². The lowest BCUT2D eigenvalue weighted by Crippen LogP contribution is -2.17. The number of benzene rings is 2. The molecule has 0 heterocycles. The van der Waals surface area contributed by atoms with Crippen LogP contribution in [0.2, 0.25) is 0 Å². The van der Waals surface area contributed by atoms with Crippen LogP contribution in [0.25, 0.3) is 0 Å². The van der Waals surface area contributed by atoms with Gasteiger partial charge in [-0.25, -0.2) is 5.43 Å². The molecule has 1 amide bonds. The maximum absolute atomic E-state index is 11.9. The van der Waals surface area contributed by atoms with Gasteiger partial charge in [-0.05, 0) is 30.3 Å². The highest BCUT2D eigenvalue weighted by atomic mass is 16.3. The van der Waals surface area contributed by atoms with Crippen molar-refractivity contribution in [3.63, 3.8) is 0 Å². The lowest BCUT2D eigenvalue weighted by molar-refractivity contribution is 0.0955. The van der Waals surface area contributed by atoms with Crippen LogP contribution >= 0.6 is 0 Å². The normalized spacial score (nSPS) is 10.4. The molecule has 2 aromatic carbocycles. The van der Waals surface area contributed by atoms with E-state index in [1.54, 1.807) is 49.5 Å². The van der Waals surface area contributed by atoms with Crippen LogP contribution in [0.15, 0.2) is 53.6 Å². The van der Waals surface area contributed by atoms with E-state index < -0.39 is 0 Å². The summed E-state index contributed by atoms with van der Waals surface area (Å²) in [6, 6.07) is 13.8. The minimum Gasteiger partial charge on any atom is -0.507 e. The Bertz CT molecular complexity index is 639. The van der Waals surface area contributed by atoms with Gasteiger partial charge in [-0.2, -0.15) is 5.10 Å². The van der Waals surface area contributed by atoms with Crippen molar-refractivity contribution < 1.29 is 9.90 Å². The molecule has 2 rings (SSSR count). The number of aromatic hydroxyl groups is 1. The van der Waals surface area contributed by atoms with E-state index in [0.717, 1.165) is 5.69 Å². The van der Waals surface area contributed by atoms with Crippen LogP contribution in [0, 0.1) is 0 Å². The topological polar surface area (TPSA) is 73.7 Å². The third-order valence-corrected chi connectivity index (χ3v) is 2.72. The molecule has 0 saturated heterocycles. The summed E-state index contributed by atoms with van der Waals surface area (Å²) in [4.78, 5) is 11.9. The number of carbonyl (C=O) groups excluding carboxylic acids is 1. The van der Waals surface area contributed by atoms with Crippen LogP contribution in [0.4, 0.5) is 5.69 Å². The summed E-state index contributed by atoms with van der Waals surface area (Å²) in [5.74, 6) is -0.198. The fourth-order valence-corrected chi connectivity index (χ4v) is 1.64. The van der Waals surface area contributed by atoms with Gasteiger partial charge in [0.1, 0.15) is 5.75 Å². The molecule has 0 fully saturated rings. The highest BCUT2D eigenvalue weighted by Gasteiger charge is 2.04. The van der Waals surface area contributed by atoms with Crippen molar-refractivity contribution >= 4 is 17.8 Å². The van der Waals surface area contributed by atoms with Gasteiger partial charge in [-0.1, -0.05) is 18.2 Å². The van der Waals surface area contributed by atoms with Crippen molar-refractivity contribution in [2.24, 2.45) is 5.10 Å². The zero-order valence-electron chi connectivity index (χ0n) is 11.0. The quantitative estimate of drug-likeness (QED) is 0.588. The maximum Gasteiger partial charge on any atom is 0.271 e. The van der Waals surface area contributed by atoms with Crippen LogP contribution < -0.4 is 10.7 Å². The first-order chi connectivity index (χ1) is 9.70. The molecule has 0 saturated carbocycles. The summed E-state index contributed by atoms with van der Waals surface area (Å²) < 4.78 is 0. The molecule has 5 heteroatoms. The molecule has 0 spiro atoms. The Morgan fingerprint density at radius 2 is 2.00 bits per heavy atom. The van der Waals surface area contributed by atoms with E-state index in [1.807, 2.05) is 6.07 Å². The number of nitrogens with one attached hydrogen (secondary N) is 2. The molecule has 0 aliphatic rings. The molecule has 0 radical (unpaired) electrons. The van der Waals surface area contributed by atoms with Crippen molar-refractivity contribution in [2.75, 3.05) is 12.4 Å². The van der Waals surface area contributed by atoms with Crippen LogP contribution in [-0.2, 0) is 0 Å². The number of phenolic OH excluding ortho intramolecular Hbond substituents is 1. The minimum atomic E-state index is -0.311. The minimum absolute atomic E-state index is 0.114. The van der Waals surface area contributed by atoms with Gasteiger partial charge < -0.3 is 10.4 Å². The smallest absolute Gasteiger partial charge is 0.271 e. The first-order valence-corrected chi connectivity index (χ1v) is 6.10. The fourth-order valence-electron chi connectivity index (χ4n) is 1.64. The number of nitrogens with zero attached hydrogens (tertiary/aromatic N) is 1. The molecule has 0 atom stereocenters. The Hall–Kier alpha value is -2.82. The van der Waals surface area contributed by atoms with Gasteiger partial charge in [0.05, 0.1) is 6.21 Å². The molecule has 102 valence electrons. The number of hydrazone groups is 1. The summed E-state index contributed by atoms with van der Waals surface area (Å²) in [6.45, 7) is 0. The van der Waals surface area contributed by atoms with E-state index in [9.17, 15) is 9.90 Å². The zero-order valence-corrected chi connectivity index (χ0v) is 11.0. The number of carbonyl (C=O) groups is 1. The molecule has 0 aromatic heterocycles. The number of phenols is 1. The summed E-state index contributed by atoms with van der Waals surface area (Å²) >= 11 is 0. The van der Waals surface area contributed by atoms with Gasteiger partial charge in [-0.15, -0.1) is 0 Å². The highest BCUT2D eigenvalue weighted by Crippen LogP contribution is 2.12. The molecule has 0 aliphatic carbocycles. The molecule has 5 nitrogen and oxygen atoms in total. The number of para-hydroxylation sites is 1. The lowest BCUT2D eigenvalue weighted by Gasteiger charge is -2.03. The maximum atomic E-state index is 11.9. The van der Waals surface area contributed by atoms with Crippen molar-refractivity contribution in [3.8, 4) is 5.75 Å².